The summed E-state index contributed by atoms with van der Waals surface area (Å²) in [5.74, 6) is -1.18. The zero-order valence-electron chi connectivity index (χ0n) is 7.35. The Labute approximate surface area is 88.1 Å². The van der Waals surface area contributed by atoms with Crippen LogP contribution in [0.4, 0.5) is 9.39 Å². The van der Waals surface area contributed by atoms with E-state index >= 15 is 0 Å². The van der Waals surface area contributed by atoms with Crippen molar-refractivity contribution in [3.63, 3.8) is 0 Å². The predicted molar refractivity (Wildman–Crippen MR) is 52.1 cm³/mol. The Morgan fingerprint density at radius 1 is 1.47 bits per heavy atom. The van der Waals surface area contributed by atoms with Crippen LogP contribution in [0.2, 0.25) is 0 Å². The van der Waals surface area contributed by atoms with E-state index in [4.69, 9.17) is 0 Å². The maximum Gasteiger partial charge on any atom is 0.275 e. The summed E-state index contributed by atoms with van der Waals surface area (Å²) in [6.45, 7) is 0. The van der Waals surface area contributed by atoms with Gasteiger partial charge in [-0.05, 0) is 12.1 Å². The molecule has 1 N–H and O–H groups in total. The average molecular weight is 224 g/mol. The molecule has 2 rings (SSSR count). The molecule has 15 heavy (non-hydrogen) atoms. The van der Waals surface area contributed by atoms with Crippen molar-refractivity contribution in [1.82, 2.24) is 14.6 Å². The van der Waals surface area contributed by atoms with Crippen molar-refractivity contribution in [2.45, 2.75) is 0 Å². The molecule has 1 amide bonds. The Bertz CT molecular complexity index is 473. The van der Waals surface area contributed by atoms with E-state index in [2.05, 4.69) is 19.9 Å². The van der Waals surface area contributed by atoms with Crippen LogP contribution in [0.3, 0.4) is 0 Å². The van der Waals surface area contributed by atoms with Crippen LogP contribution in [0.25, 0.3) is 0 Å². The highest BCUT2D eigenvalue weighted by molar-refractivity contribution is 7.10. The molecule has 0 atom stereocenters. The Balaban J connectivity index is 2.15. The third-order valence-electron chi connectivity index (χ3n) is 1.55. The first-order chi connectivity index (χ1) is 7.25. The van der Waals surface area contributed by atoms with E-state index in [1.54, 1.807) is 0 Å². The van der Waals surface area contributed by atoms with Gasteiger partial charge in [-0.2, -0.15) is 4.39 Å². The molecule has 0 saturated carbocycles. The van der Waals surface area contributed by atoms with Crippen molar-refractivity contribution in [3.05, 3.63) is 36.0 Å². The molecule has 5 nitrogen and oxygen atoms in total. The molecule has 0 spiro atoms. The van der Waals surface area contributed by atoms with E-state index in [0.717, 1.165) is 11.5 Å². The Morgan fingerprint density at radius 3 is 3.00 bits per heavy atom. The van der Waals surface area contributed by atoms with Crippen LogP contribution in [0.5, 0.6) is 0 Å². The summed E-state index contributed by atoms with van der Waals surface area (Å²) < 4.78 is 16.3. The Hall–Kier alpha value is -1.89. The van der Waals surface area contributed by atoms with Crippen molar-refractivity contribution < 1.29 is 9.18 Å². The molecule has 2 aromatic heterocycles. The highest BCUT2D eigenvalue weighted by Gasteiger charge is 2.09. The topological polar surface area (TPSA) is 67.8 Å². The molecule has 0 radical (unpaired) electrons. The van der Waals surface area contributed by atoms with Gasteiger partial charge >= 0.3 is 0 Å². The lowest BCUT2D eigenvalue weighted by Crippen LogP contribution is -2.13. The fourth-order valence-corrected chi connectivity index (χ4v) is 1.35. The van der Waals surface area contributed by atoms with Gasteiger partial charge < -0.3 is 5.32 Å². The number of pyridine rings is 1. The highest BCUT2D eigenvalue weighted by Crippen LogP contribution is 2.10. The van der Waals surface area contributed by atoms with Gasteiger partial charge in [0.1, 0.15) is 10.7 Å². The van der Waals surface area contributed by atoms with Gasteiger partial charge in [0.25, 0.3) is 5.91 Å². The minimum absolute atomic E-state index is 0.0170. The van der Waals surface area contributed by atoms with Crippen molar-refractivity contribution in [2.75, 3.05) is 5.32 Å². The van der Waals surface area contributed by atoms with Crippen LogP contribution in [-0.4, -0.2) is 20.5 Å². The Morgan fingerprint density at radius 2 is 2.33 bits per heavy atom. The monoisotopic (exact) mass is 224 g/mol. The van der Waals surface area contributed by atoms with Gasteiger partial charge in [0.2, 0.25) is 5.95 Å². The number of carbonyl (C=O) groups is 1. The summed E-state index contributed by atoms with van der Waals surface area (Å²) >= 11 is 1.04. The van der Waals surface area contributed by atoms with E-state index < -0.39 is 11.9 Å². The second-order valence-corrected chi connectivity index (χ2v) is 3.37. The lowest BCUT2D eigenvalue weighted by atomic mass is 10.3. The molecule has 2 aromatic rings. The number of hydrogen-bond donors (Lipinski definition) is 1. The normalized spacial score (nSPS) is 9.93. The molecule has 0 aliphatic heterocycles. The van der Waals surface area contributed by atoms with Crippen LogP contribution in [0.15, 0.2) is 24.4 Å². The molecular weight excluding hydrogens is 219 g/mol. The molecule has 0 unspecified atom stereocenters. The van der Waals surface area contributed by atoms with Gasteiger partial charge in [-0.15, -0.1) is 5.10 Å². The van der Waals surface area contributed by atoms with Crippen molar-refractivity contribution >= 4 is 22.4 Å². The van der Waals surface area contributed by atoms with Crippen molar-refractivity contribution in [2.24, 2.45) is 0 Å². The fraction of sp³-hybridized carbons (Fsp3) is 0. The van der Waals surface area contributed by atoms with E-state index in [-0.39, 0.29) is 5.69 Å². The number of rotatable bonds is 2. The second-order valence-electron chi connectivity index (χ2n) is 2.58. The number of amides is 1. The van der Waals surface area contributed by atoms with Gasteiger partial charge in [0, 0.05) is 11.5 Å². The van der Waals surface area contributed by atoms with Gasteiger partial charge in [0.15, 0.2) is 0 Å². The van der Waals surface area contributed by atoms with Gasteiger partial charge in [-0.25, -0.2) is 4.98 Å². The average Bonchev–Trinajstić information content (AvgIpc) is 2.70. The summed E-state index contributed by atoms with van der Waals surface area (Å²) in [7, 11) is 0. The van der Waals surface area contributed by atoms with Crippen LogP contribution in [0, 0.1) is 5.95 Å². The first-order valence-electron chi connectivity index (χ1n) is 3.97. The molecule has 2 heterocycles. The molecule has 0 aliphatic rings. The van der Waals surface area contributed by atoms with E-state index in [9.17, 15) is 9.18 Å². The lowest BCUT2D eigenvalue weighted by Gasteiger charge is -1.99. The number of halogens is 1. The molecule has 0 aromatic carbocycles. The standard InChI is InChI=1S/C8H5FN4OS/c9-6-3-1-2-5(11-6)8(14)12-7-4-10-13-15-7/h1-4H,(H,12,14). The zero-order valence-corrected chi connectivity index (χ0v) is 8.16. The molecule has 76 valence electrons. The summed E-state index contributed by atoms with van der Waals surface area (Å²) in [5, 5.41) is 6.53. The predicted octanol–water partition coefficient (Wildman–Crippen LogP) is 1.32. The SMILES string of the molecule is O=C(Nc1cnns1)c1cccc(F)n1. The molecule has 0 aliphatic carbocycles. The van der Waals surface area contributed by atoms with Gasteiger partial charge in [0.05, 0.1) is 6.20 Å². The number of nitrogens with zero attached hydrogens (tertiary/aromatic N) is 3. The third-order valence-corrected chi connectivity index (χ3v) is 2.13. The molecule has 0 bridgehead atoms. The second kappa shape index (κ2) is 4.09. The third kappa shape index (κ3) is 2.32. The number of nitrogens with one attached hydrogen (secondary N) is 1. The maximum absolute atomic E-state index is 12.7. The molecule has 7 heteroatoms. The molecule has 0 fully saturated rings. The number of aromatic nitrogens is 3. The minimum atomic E-state index is -0.690. The number of anilines is 1. The summed E-state index contributed by atoms with van der Waals surface area (Å²) in [4.78, 5) is 14.9. The van der Waals surface area contributed by atoms with E-state index in [0.29, 0.717) is 5.00 Å². The van der Waals surface area contributed by atoms with E-state index in [1.165, 1.54) is 24.4 Å². The summed E-state index contributed by atoms with van der Waals surface area (Å²) in [5.41, 5.74) is 0.0170. The summed E-state index contributed by atoms with van der Waals surface area (Å²) in [6.07, 6.45) is 1.40. The quantitative estimate of drug-likeness (QED) is 0.781. The van der Waals surface area contributed by atoms with E-state index in [1.807, 2.05) is 0 Å². The number of carbonyl (C=O) groups excluding carboxylic acids is 1. The molecular formula is C8H5FN4OS. The van der Waals surface area contributed by atoms with Crippen molar-refractivity contribution in [3.8, 4) is 0 Å². The Kier molecular flexibility index (Phi) is 2.64. The number of hydrogen-bond acceptors (Lipinski definition) is 5. The smallest absolute Gasteiger partial charge is 0.275 e. The zero-order chi connectivity index (χ0) is 10.7. The van der Waals surface area contributed by atoms with Crippen molar-refractivity contribution in [1.29, 1.82) is 0 Å². The van der Waals surface area contributed by atoms with Crippen LogP contribution >= 0.6 is 11.5 Å². The summed E-state index contributed by atoms with van der Waals surface area (Å²) in [6, 6.07) is 4.01. The van der Waals surface area contributed by atoms with Gasteiger partial charge in [-0.1, -0.05) is 10.6 Å². The highest BCUT2D eigenvalue weighted by atomic mass is 32.1. The van der Waals surface area contributed by atoms with Crippen LogP contribution < -0.4 is 5.32 Å². The first kappa shape index (κ1) is 9.66. The minimum Gasteiger partial charge on any atom is -0.310 e. The largest absolute Gasteiger partial charge is 0.310 e. The van der Waals surface area contributed by atoms with Crippen LogP contribution in [0.1, 0.15) is 10.5 Å². The van der Waals surface area contributed by atoms with Crippen LogP contribution in [-0.2, 0) is 0 Å². The fourth-order valence-electron chi connectivity index (χ4n) is 0.933. The lowest BCUT2D eigenvalue weighted by molar-refractivity contribution is 0.102. The maximum atomic E-state index is 12.7. The first-order valence-corrected chi connectivity index (χ1v) is 4.74. The molecule has 0 saturated heterocycles. The van der Waals surface area contributed by atoms with Gasteiger partial charge in [-0.3, -0.25) is 4.79 Å².